The van der Waals surface area contributed by atoms with Crippen molar-refractivity contribution in [2.24, 2.45) is 5.92 Å². The summed E-state index contributed by atoms with van der Waals surface area (Å²) in [6, 6.07) is 8.09. The first-order valence-electron chi connectivity index (χ1n) is 5.94. The van der Waals surface area contributed by atoms with Crippen LogP contribution in [0.5, 0.6) is 0 Å². The maximum absolute atomic E-state index is 5.82. The highest BCUT2D eigenvalue weighted by molar-refractivity contribution is 6.30. The second-order valence-electron chi connectivity index (χ2n) is 4.58. The molecule has 1 N–H and O–H groups in total. The van der Waals surface area contributed by atoms with E-state index in [2.05, 4.69) is 29.4 Å². The molecule has 0 bridgehead atoms. The lowest BCUT2D eigenvalue weighted by Crippen LogP contribution is -1.99. The summed E-state index contributed by atoms with van der Waals surface area (Å²) in [5, 5.41) is 11.8. The predicted octanol–water partition coefficient (Wildman–Crippen LogP) is 3.53. The topological polar surface area (TPSA) is 51.0 Å². The molecule has 0 fully saturated rings. The third kappa shape index (κ3) is 3.74. The normalized spacial score (nSPS) is 10.9. The van der Waals surface area contributed by atoms with Gasteiger partial charge in [0.05, 0.1) is 0 Å². The van der Waals surface area contributed by atoms with E-state index in [1.165, 1.54) is 0 Å². The van der Waals surface area contributed by atoms with Crippen molar-refractivity contribution in [1.29, 1.82) is 0 Å². The minimum absolute atomic E-state index is 0.459. The molecule has 0 saturated heterocycles. The highest BCUT2D eigenvalue weighted by atomic mass is 35.5. The molecule has 96 valence electrons. The summed E-state index contributed by atoms with van der Waals surface area (Å²) < 4.78 is 5.48. The maximum atomic E-state index is 5.82. The van der Waals surface area contributed by atoms with Gasteiger partial charge in [-0.25, -0.2) is 0 Å². The zero-order chi connectivity index (χ0) is 13.0. The Kier molecular flexibility index (Phi) is 4.20. The molecule has 0 unspecified atom stereocenters. The van der Waals surface area contributed by atoms with Crippen molar-refractivity contribution in [1.82, 2.24) is 10.2 Å². The first kappa shape index (κ1) is 12.9. The number of anilines is 1. The van der Waals surface area contributed by atoms with Crippen LogP contribution in [-0.2, 0) is 13.0 Å². The van der Waals surface area contributed by atoms with Crippen LogP contribution in [0.4, 0.5) is 6.01 Å². The number of hydrogen-bond acceptors (Lipinski definition) is 4. The molecule has 1 aromatic heterocycles. The fourth-order valence-corrected chi connectivity index (χ4v) is 1.66. The SMILES string of the molecule is CC(C)Cc1nnc(NCc2ccc(Cl)cc2)o1. The summed E-state index contributed by atoms with van der Waals surface area (Å²) >= 11 is 5.82. The van der Waals surface area contributed by atoms with Crippen molar-refractivity contribution in [2.45, 2.75) is 26.8 Å². The van der Waals surface area contributed by atoms with Crippen molar-refractivity contribution in [3.05, 3.63) is 40.7 Å². The lowest BCUT2D eigenvalue weighted by atomic mass is 10.1. The summed E-state index contributed by atoms with van der Waals surface area (Å²) in [4.78, 5) is 0. The van der Waals surface area contributed by atoms with Crippen molar-refractivity contribution in [3.8, 4) is 0 Å². The number of nitrogens with zero attached hydrogens (tertiary/aromatic N) is 2. The zero-order valence-corrected chi connectivity index (χ0v) is 11.2. The summed E-state index contributed by atoms with van der Waals surface area (Å²) in [5.41, 5.74) is 1.11. The number of hydrogen-bond donors (Lipinski definition) is 1. The summed E-state index contributed by atoms with van der Waals surface area (Å²) in [5.74, 6) is 1.18. The van der Waals surface area contributed by atoms with Crippen LogP contribution in [0.15, 0.2) is 28.7 Å². The quantitative estimate of drug-likeness (QED) is 0.898. The molecule has 4 nitrogen and oxygen atoms in total. The average molecular weight is 266 g/mol. The molecular formula is C13H16ClN3O. The molecule has 0 spiro atoms. The highest BCUT2D eigenvalue weighted by Gasteiger charge is 2.07. The van der Waals surface area contributed by atoms with Crippen LogP contribution in [0.2, 0.25) is 5.02 Å². The monoisotopic (exact) mass is 265 g/mol. The highest BCUT2D eigenvalue weighted by Crippen LogP contribution is 2.13. The lowest BCUT2D eigenvalue weighted by molar-refractivity contribution is 0.465. The van der Waals surface area contributed by atoms with Gasteiger partial charge >= 0.3 is 6.01 Å². The number of nitrogens with one attached hydrogen (secondary N) is 1. The third-order valence-corrected chi connectivity index (χ3v) is 2.66. The Labute approximate surface area is 111 Å². The van der Waals surface area contributed by atoms with E-state index in [0.717, 1.165) is 17.0 Å². The molecule has 0 saturated carbocycles. The Hall–Kier alpha value is -1.55. The maximum Gasteiger partial charge on any atom is 0.315 e. The summed E-state index contributed by atoms with van der Waals surface area (Å²) in [6.45, 7) is 4.87. The minimum atomic E-state index is 0.459. The molecule has 18 heavy (non-hydrogen) atoms. The Morgan fingerprint density at radius 3 is 2.61 bits per heavy atom. The van der Waals surface area contributed by atoms with Crippen molar-refractivity contribution in [2.75, 3.05) is 5.32 Å². The van der Waals surface area contributed by atoms with Gasteiger partial charge in [-0.2, -0.15) is 0 Å². The van der Waals surface area contributed by atoms with Crippen molar-refractivity contribution < 1.29 is 4.42 Å². The zero-order valence-electron chi connectivity index (χ0n) is 10.5. The summed E-state index contributed by atoms with van der Waals surface area (Å²) in [7, 11) is 0. The molecular weight excluding hydrogens is 250 g/mol. The van der Waals surface area contributed by atoms with Crippen molar-refractivity contribution in [3.63, 3.8) is 0 Å². The standard InChI is InChI=1S/C13H16ClN3O/c1-9(2)7-12-16-17-13(18-12)15-8-10-3-5-11(14)6-4-10/h3-6,9H,7-8H2,1-2H3,(H,15,17). The van der Waals surface area contributed by atoms with Gasteiger partial charge in [0, 0.05) is 18.0 Å². The molecule has 1 aromatic carbocycles. The van der Waals surface area contributed by atoms with E-state index in [4.69, 9.17) is 16.0 Å². The second-order valence-corrected chi connectivity index (χ2v) is 5.02. The predicted molar refractivity (Wildman–Crippen MR) is 71.6 cm³/mol. The van der Waals surface area contributed by atoms with Gasteiger partial charge in [-0.3, -0.25) is 0 Å². The first-order valence-corrected chi connectivity index (χ1v) is 6.32. The Morgan fingerprint density at radius 2 is 1.94 bits per heavy atom. The summed E-state index contributed by atoms with van der Waals surface area (Å²) in [6.07, 6.45) is 0.801. The molecule has 0 aliphatic carbocycles. The molecule has 0 amide bonds. The van der Waals surface area contributed by atoms with Gasteiger partial charge < -0.3 is 9.73 Å². The van der Waals surface area contributed by atoms with Gasteiger partial charge in [-0.05, 0) is 23.6 Å². The molecule has 5 heteroatoms. The van der Waals surface area contributed by atoms with Crippen LogP contribution in [0, 0.1) is 5.92 Å². The van der Waals surface area contributed by atoms with E-state index < -0.39 is 0 Å². The van der Waals surface area contributed by atoms with Crippen LogP contribution in [-0.4, -0.2) is 10.2 Å². The minimum Gasteiger partial charge on any atom is -0.408 e. The van der Waals surface area contributed by atoms with Gasteiger partial charge in [-0.1, -0.05) is 42.7 Å². The van der Waals surface area contributed by atoms with E-state index in [1.54, 1.807) is 0 Å². The second kappa shape index (κ2) is 5.87. The number of halogens is 1. The van der Waals surface area contributed by atoms with Crippen molar-refractivity contribution >= 4 is 17.6 Å². The lowest BCUT2D eigenvalue weighted by Gasteiger charge is -2.01. The van der Waals surface area contributed by atoms with Gasteiger partial charge in [0.15, 0.2) is 0 Å². The van der Waals surface area contributed by atoms with E-state index in [1.807, 2.05) is 24.3 Å². The molecule has 2 aromatic rings. The largest absolute Gasteiger partial charge is 0.408 e. The Balaban J connectivity index is 1.90. The van der Waals surface area contributed by atoms with Crippen LogP contribution < -0.4 is 5.32 Å². The average Bonchev–Trinajstić information content (AvgIpc) is 2.75. The van der Waals surface area contributed by atoms with E-state index >= 15 is 0 Å². The number of rotatable bonds is 5. The number of benzene rings is 1. The van der Waals surface area contributed by atoms with Gasteiger partial charge in [-0.15, -0.1) is 5.10 Å². The van der Waals surface area contributed by atoms with Crippen LogP contribution in [0.3, 0.4) is 0 Å². The third-order valence-electron chi connectivity index (χ3n) is 2.41. The fourth-order valence-electron chi connectivity index (χ4n) is 1.54. The van der Waals surface area contributed by atoms with E-state index in [-0.39, 0.29) is 0 Å². The van der Waals surface area contributed by atoms with E-state index in [0.29, 0.717) is 24.4 Å². The van der Waals surface area contributed by atoms with Gasteiger partial charge in [0.1, 0.15) is 0 Å². The molecule has 0 aliphatic heterocycles. The molecule has 0 atom stereocenters. The van der Waals surface area contributed by atoms with E-state index in [9.17, 15) is 0 Å². The van der Waals surface area contributed by atoms with Gasteiger partial charge in [0.25, 0.3) is 0 Å². The first-order chi connectivity index (χ1) is 8.63. The molecule has 2 rings (SSSR count). The Morgan fingerprint density at radius 1 is 1.22 bits per heavy atom. The molecule has 0 radical (unpaired) electrons. The fraction of sp³-hybridized carbons (Fsp3) is 0.385. The molecule has 1 heterocycles. The smallest absolute Gasteiger partial charge is 0.315 e. The Bertz CT molecular complexity index is 493. The van der Waals surface area contributed by atoms with Crippen LogP contribution >= 0.6 is 11.6 Å². The van der Waals surface area contributed by atoms with Crippen LogP contribution in [0.1, 0.15) is 25.3 Å². The number of aromatic nitrogens is 2. The molecule has 0 aliphatic rings. The van der Waals surface area contributed by atoms with Gasteiger partial charge in [0.2, 0.25) is 5.89 Å². The van der Waals surface area contributed by atoms with Crippen LogP contribution in [0.25, 0.3) is 0 Å².